The minimum atomic E-state index is 0.0722. The summed E-state index contributed by atoms with van der Waals surface area (Å²) in [5, 5.41) is 3.66. The molecule has 0 aromatic heterocycles. The third kappa shape index (κ3) is 1.42. The molecule has 3 rings (SSSR count). The van der Waals surface area contributed by atoms with E-state index < -0.39 is 0 Å². The van der Waals surface area contributed by atoms with Crippen LogP contribution in [-0.2, 0) is 6.54 Å². The molecule has 1 heterocycles. The van der Waals surface area contributed by atoms with Crippen LogP contribution >= 0.6 is 11.8 Å². The molecule has 1 N–H and O–H groups in total. The van der Waals surface area contributed by atoms with Crippen LogP contribution in [0.5, 0.6) is 0 Å². The number of carbonyl (C=O) groups is 1. The molecule has 0 unspecified atom stereocenters. The van der Waals surface area contributed by atoms with Crippen LogP contribution in [0, 0.1) is 0 Å². The van der Waals surface area contributed by atoms with Crippen LogP contribution in [0.25, 0.3) is 0 Å². The molecular weight excluding hydrogens is 194 g/mol. The number of fused-ring (bicyclic) bond motifs is 1. The summed E-state index contributed by atoms with van der Waals surface area (Å²) in [5.41, 5.74) is 2.01. The van der Waals surface area contributed by atoms with Crippen molar-refractivity contribution < 1.29 is 4.79 Å². The Morgan fingerprint density at radius 3 is 3.00 bits per heavy atom. The number of nitrogens with one attached hydrogen (secondary N) is 1. The zero-order chi connectivity index (χ0) is 9.54. The Kier molecular flexibility index (Phi) is 1.80. The second kappa shape index (κ2) is 3.02. The van der Waals surface area contributed by atoms with Gasteiger partial charge in [-0.25, -0.2) is 0 Å². The molecule has 0 bridgehead atoms. The number of hydrogen-bond acceptors (Lipinski definition) is 2. The maximum absolute atomic E-state index is 11.3. The van der Waals surface area contributed by atoms with E-state index in [9.17, 15) is 4.79 Å². The first-order chi connectivity index (χ1) is 6.83. The van der Waals surface area contributed by atoms with Crippen LogP contribution < -0.4 is 5.32 Å². The molecule has 1 saturated carbocycles. The predicted molar refractivity (Wildman–Crippen MR) is 56.5 cm³/mol. The van der Waals surface area contributed by atoms with Crippen molar-refractivity contribution in [1.29, 1.82) is 0 Å². The number of hydrogen-bond donors (Lipinski definition) is 1. The van der Waals surface area contributed by atoms with E-state index in [0.717, 1.165) is 16.4 Å². The number of amides is 1. The van der Waals surface area contributed by atoms with E-state index in [1.807, 2.05) is 17.8 Å². The van der Waals surface area contributed by atoms with Gasteiger partial charge in [0.1, 0.15) is 0 Å². The van der Waals surface area contributed by atoms with E-state index in [1.54, 1.807) is 0 Å². The third-order valence-electron chi connectivity index (χ3n) is 2.59. The molecule has 1 amide bonds. The molecule has 0 saturated heterocycles. The van der Waals surface area contributed by atoms with Gasteiger partial charge in [0.05, 0.1) is 0 Å². The van der Waals surface area contributed by atoms with Gasteiger partial charge >= 0.3 is 0 Å². The number of thioether (sulfide) groups is 1. The van der Waals surface area contributed by atoms with Crippen LogP contribution in [-0.4, -0.2) is 11.2 Å². The highest BCUT2D eigenvalue weighted by Gasteiger charge is 2.24. The van der Waals surface area contributed by atoms with Gasteiger partial charge in [0, 0.05) is 22.3 Å². The normalized spacial score (nSPS) is 19.3. The zero-order valence-electron chi connectivity index (χ0n) is 7.75. The summed E-state index contributed by atoms with van der Waals surface area (Å²) >= 11 is 1.94. The third-order valence-corrected chi connectivity index (χ3v) is 3.92. The Hall–Kier alpha value is -0.960. The second-order valence-electron chi connectivity index (χ2n) is 3.82. The maximum atomic E-state index is 11.3. The molecule has 1 aliphatic carbocycles. The summed E-state index contributed by atoms with van der Waals surface area (Å²) in [6.45, 7) is 0.702. The minimum Gasteiger partial charge on any atom is -0.348 e. The standard InChI is InChI=1S/C11H11NOS/c13-11-10-4-3-9(14-8-1-2-8)5-7(10)6-12-11/h3-5,8H,1-2,6H2,(H,12,13). The predicted octanol–water partition coefficient (Wildman–Crippen LogP) is 2.18. The maximum Gasteiger partial charge on any atom is 0.251 e. The van der Waals surface area contributed by atoms with Gasteiger partial charge in [-0.05, 0) is 36.6 Å². The van der Waals surface area contributed by atoms with Gasteiger partial charge in [-0.2, -0.15) is 0 Å². The number of carbonyl (C=O) groups excluding carboxylic acids is 1. The highest BCUT2D eigenvalue weighted by atomic mass is 32.2. The fourth-order valence-corrected chi connectivity index (χ4v) is 2.77. The molecule has 1 fully saturated rings. The molecule has 2 nitrogen and oxygen atoms in total. The molecule has 0 atom stereocenters. The Labute approximate surface area is 87.1 Å². The van der Waals surface area contributed by atoms with E-state index in [2.05, 4.69) is 17.4 Å². The molecule has 1 aromatic carbocycles. The highest BCUT2D eigenvalue weighted by molar-refractivity contribution is 8.00. The summed E-state index contributed by atoms with van der Waals surface area (Å²) in [6, 6.07) is 6.16. The van der Waals surface area contributed by atoms with Crippen LogP contribution in [0.3, 0.4) is 0 Å². The summed E-state index contributed by atoms with van der Waals surface area (Å²) in [4.78, 5) is 12.6. The Balaban J connectivity index is 1.90. The summed E-state index contributed by atoms with van der Waals surface area (Å²) in [7, 11) is 0. The largest absolute Gasteiger partial charge is 0.348 e. The Bertz CT molecular complexity index is 398. The molecule has 0 radical (unpaired) electrons. The minimum absolute atomic E-state index is 0.0722. The SMILES string of the molecule is O=C1NCc2cc(SC3CC3)ccc21. The van der Waals surface area contributed by atoms with Gasteiger partial charge in [-0.15, -0.1) is 11.8 Å². The molecule has 72 valence electrons. The van der Waals surface area contributed by atoms with Gasteiger partial charge in [-0.3, -0.25) is 4.79 Å². The van der Waals surface area contributed by atoms with E-state index in [1.165, 1.54) is 17.7 Å². The van der Waals surface area contributed by atoms with Gasteiger partial charge in [0.15, 0.2) is 0 Å². The first-order valence-electron chi connectivity index (χ1n) is 4.91. The van der Waals surface area contributed by atoms with Crippen molar-refractivity contribution >= 4 is 17.7 Å². The van der Waals surface area contributed by atoms with Crippen molar-refractivity contribution in [2.75, 3.05) is 0 Å². The molecule has 1 aliphatic heterocycles. The zero-order valence-corrected chi connectivity index (χ0v) is 8.56. The molecule has 2 aliphatic rings. The van der Waals surface area contributed by atoms with Crippen molar-refractivity contribution in [3.8, 4) is 0 Å². The molecular formula is C11H11NOS. The lowest BCUT2D eigenvalue weighted by atomic mass is 10.1. The topological polar surface area (TPSA) is 29.1 Å². The highest BCUT2D eigenvalue weighted by Crippen LogP contribution is 2.39. The fraction of sp³-hybridized carbons (Fsp3) is 0.364. The van der Waals surface area contributed by atoms with Gasteiger partial charge < -0.3 is 5.32 Å². The molecule has 14 heavy (non-hydrogen) atoms. The lowest BCUT2D eigenvalue weighted by Gasteiger charge is -2.01. The monoisotopic (exact) mass is 205 g/mol. The van der Waals surface area contributed by atoms with Crippen LogP contribution in [0.4, 0.5) is 0 Å². The van der Waals surface area contributed by atoms with Crippen LogP contribution in [0.15, 0.2) is 23.1 Å². The van der Waals surface area contributed by atoms with Crippen molar-refractivity contribution in [2.24, 2.45) is 0 Å². The quantitative estimate of drug-likeness (QED) is 0.801. The molecule has 3 heteroatoms. The first-order valence-corrected chi connectivity index (χ1v) is 5.79. The van der Waals surface area contributed by atoms with Crippen LogP contribution in [0.2, 0.25) is 0 Å². The summed E-state index contributed by atoms with van der Waals surface area (Å²) in [5.74, 6) is 0.0722. The first kappa shape index (κ1) is 8.36. The number of benzene rings is 1. The Morgan fingerprint density at radius 2 is 2.21 bits per heavy atom. The van der Waals surface area contributed by atoms with Crippen molar-refractivity contribution in [1.82, 2.24) is 5.32 Å². The van der Waals surface area contributed by atoms with Gasteiger partial charge in [0.25, 0.3) is 5.91 Å². The van der Waals surface area contributed by atoms with Crippen LogP contribution in [0.1, 0.15) is 28.8 Å². The average Bonchev–Trinajstić information content (AvgIpc) is 2.92. The van der Waals surface area contributed by atoms with E-state index >= 15 is 0 Å². The number of rotatable bonds is 2. The Morgan fingerprint density at radius 1 is 1.36 bits per heavy atom. The molecule has 1 aromatic rings. The summed E-state index contributed by atoms with van der Waals surface area (Å²) in [6.07, 6.45) is 2.69. The molecule has 0 spiro atoms. The summed E-state index contributed by atoms with van der Waals surface area (Å²) < 4.78 is 0. The van der Waals surface area contributed by atoms with E-state index in [0.29, 0.717) is 6.54 Å². The fourth-order valence-electron chi connectivity index (χ4n) is 1.66. The average molecular weight is 205 g/mol. The van der Waals surface area contributed by atoms with Crippen molar-refractivity contribution in [3.05, 3.63) is 29.3 Å². The van der Waals surface area contributed by atoms with E-state index in [-0.39, 0.29) is 5.91 Å². The van der Waals surface area contributed by atoms with Gasteiger partial charge in [-0.1, -0.05) is 0 Å². The van der Waals surface area contributed by atoms with Gasteiger partial charge in [0.2, 0.25) is 0 Å². The van der Waals surface area contributed by atoms with Crippen molar-refractivity contribution in [3.63, 3.8) is 0 Å². The van der Waals surface area contributed by atoms with Crippen molar-refractivity contribution in [2.45, 2.75) is 29.5 Å². The lowest BCUT2D eigenvalue weighted by molar-refractivity contribution is 0.0966. The van der Waals surface area contributed by atoms with E-state index in [4.69, 9.17) is 0 Å². The smallest absolute Gasteiger partial charge is 0.251 e. The second-order valence-corrected chi connectivity index (χ2v) is 5.19. The lowest BCUT2D eigenvalue weighted by Crippen LogP contribution is -2.12.